The summed E-state index contributed by atoms with van der Waals surface area (Å²) in [5.74, 6) is -0.546. The fourth-order valence-electron chi connectivity index (χ4n) is 3.38. The zero-order chi connectivity index (χ0) is 21.4. The van der Waals surface area contributed by atoms with E-state index in [-0.39, 0.29) is 17.1 Å². The summed E-state index contributed by atoms with van der Waals surface area (Å²) in [7, 11) is 3.21. The molecule has 0 aliphatic rings. The molecular formula is C21H18F2N4O3. The van der Waals surface area contributed by atoms with Crippen molar-refractivity contribution in [2.75, 3.05) is 7.11 Å². The molecule has 0 aliphatic carbocycles. The van der Waals surface area contributed by atoms with Crippen LogP contribution in [0.1, 0.15) is 17.3 Å². The average molecular weight is 412 g/mol. The van der Waals surface area contributed by atoms with Crippen LogP contribution in [0.3, 0.4) is 0 Å². The predicted octanol–water partition coefficient (Wildman–Crippen LogP) is 4.24. The monoisotopic (exact) mass is 412 g/mol. The van der Waals surface area contributed by atoms with E-state index >= 15 is 0 Å². The first-order valence-corrected chi connectivity index (χ1v) is 9.01. The number of hydrogen-bond donors (Lipinski definition) is 0. The van der Waals surface area contributed by atoms with Crippen molar-refractivity contribution in [1.82, 2.24) is 19.3 Å². The Kier molecular flexibility index (Phi) is 4.94. The summed E-state index contributed by atoms with van der Waals surface area (Å²) < 4.78 is 39.2. The molecule has 0 N–H and O–H groups in total. The molecule has 0 saturated heterocycles. The fraction of sp³-hybridized carbons (Fsp3) is 0.190. The fourth-order valence-corrected chi connectivity index (χ4v) is 3.38. The molecule has 0 saturated carbocycles. The van der Waals surface area contributed by atoms with E-state index in [9.17, 15) is 13.6 Å². The van der Waals surface area contributed by atoms with Gasteiger partial charge in [0.2, 0.25) is 0 Å². The van der Waals surface area contributed by atoms with Gasteiger partial charge in [0.05, 0.1) is 30.0 Å². The normalized spacial score (nSPS) is 11.3. The van der Waals surface area contributed by atoms with Crippen molar-refractivity contribution in [3.8, 4) is 28.3 Å². The van der Waals surface area contributed by atoms with Crippen molar-refractivity contribution < 1.29 is 23.0 Å². The Hall–Kier alpha value is -3.75. The minimum atomic E-state index is -3.08. The van der Waals surface area contributed by atoms with Crippen LogP contribution in [0.15, 0.2) is 49.1 Å². The van der Waals surface area contributed by atoms with Gasteiger partial charge < -0.3 is 9.47 Å². The summed E-state index contributed by atoms with van der Waals surface area (Å²) >= 11 is 0. The summed E-state index contributed by atoms with van der Waals surface area (Å²) in [5.41, 5.74) is 3.81. The van der Waals surface area contributed by atoms with Gasteiger partial charge in [0.15, 0.2) is 5.78 Å². The van der Waals surface area contributed by atoms with Crippen molar-refractivity contribution in [1.29, 1.82) is 0 Å². The molecule has 0 radical (unpaired) electrons. The topological polar surface area (TPSA) is 71.2 Å². The number of alkyl halides is 2. The van der Waals surface area contributed by atoms with Crippen LogP contribution < -0.4 is 9.47 Å². The summed E-state index contributed by atoms with van der Waals surface area (Å²) in [6.07, 6.45) is 5.24. The van der Waals surface area contributed by atoms with E-state index in [0.717, 1.165) is 16.6 Å². The summed E-state index contributed by atoms with van der Waals surface area (Å²) in [6, 6.07) is 8.69. The minimum Gasteiger partial charge on any atom is -0.496 e. The van der Waals surface area contributed by atoms with E-state index in [1.54, 1.807) is 27.8 Å². The van der Waals surface area contributed by atoms with Gasteiger partial charge in [-0.05, 0) is 24.6 Å². The Balaban J connectivity index is 1.84. The molecule has 2 aromatic heterocycles. The van der Waals surface area contributed by atoms with E-state index in [4.69, 9.17) is 4.74 Å². The average Bonchev–Trinajstić information content (AvgIpc) is 3.32. The standard InChI is InChI=1S/C21H18F2N4O3/c1-12(28)20-18(29-3)7-15(8-19(20)30-21(22)23)27-11-24-16-6-13(4-5-17(16)27)14-9-25-26(2)10-14/h4-11,21H,1-3H3. The molecule has 0 amide bonds. The highest BCUT2D eigenvalue weighted by Crippen LogP contribution is 2.35. The molecule has 0 unspecified atom stereocenters. The van der Waals surface area contributed by atoms with Crippen molar-refractivity contribution in [2.45, 2.75) is 13.5 Å². The Morgan fingerprint density at radius 1 is 1.13 bits per heavy atom. The third-order valence-corrected chi connectivity index (χ3v) is 4.70. The number of benzene rings is 2. The Morgan fingerprint density at radius 2 is 1.90 bits per heavy atom. The zero-order valence-electron chi connectivity index (χ0n) is 16.5. The number of imidazole rings is 1. The first-order valence-electron chi connectivity index (χ1n) is 9.01. The lowest BCUT2D eigenvalue weighted by atomic mass is 10.1. The number of nitrogens with zero attached hydrogens (tertiary/aromatic N) is 4. The van der Waals surface area contributed by atoms with Gasteiger partial charge in [0.1, 0.15) is 23.4 Å². The number of aromatic nitrogens is 4. The molecule has 0 spiro atoms. The molecule has 0 bridgehead atoms. The first kappa shape index (κ1) is 19.6. The highest BCUT2D eigenvalue weighted by molar-refractivity contribution is 6.00. The third kappa shape index (κ3) is 3.49. The van der Waals surface area contributed by atoms with Crippen LogP contribution in [0, 0.1) is 0 Å². The van der Waals surface area contributed by atoms with Gasteiger partial charge >= 0.3 is 6.61 Å². The van der Waals surface area contributed by atoms with Crippen molar-refractivity contribution in [3.63, 3.8) is 0 Å². The van der Waals surface area contributed by atoms with Crippen LogP contribution >= 0.6 is 0 Å². The quantitative estimate of drug-likeness (QED) is 0.443. The second kappa shape index (κ2) is 7.58. The van der Waals surface area contributed by atoms with Gasteiger partial charge in [-0.2, -0.15) is 13.9 Å². The maximum absolute atomic E-state index is 12.9. The van der Waals surface area contributed by atoms with E-state index in [2.05, 4.69) is 14.8 Å². The Bertz CT molecular complexity index is 1250. The number of Topliss-reactive ketones (excluding diaryl/α,β-unsaturated/α-hetero) is 1. The highest BCUT2D eigenvalue weighted by atomic mass is 19.3. The number of hydrogen-bond acceptors (Lipinski definition) is 5. The van der Waals surface area contributed by atoms with Crippen LogP contribution in [0.4, 0.5) is 8.78 Å². The molecule has 2 heterocycles. The number of carbonyl (C=O) groups excluding carboxylic acids is 1. The second-order valence-corrected chi connectivity index (χ2v) is 6.68. The van der Waals surface area contributed by atoms with Gasteiger partial charge in [-0.3, -0.25) is 14.0 Å². The largest absolute Gasteiger partial charge is 0.496 e. The Labute approximate surface area is 170 Å². The van der Waals surface area contributed by atoms with Gasteiger partial charge in [0.25, 0.3) is 0 Å². The van der Waals surface area contributed by atoms with E-state index in [1.807, 2.05) is 31.4 Å². The molecular weight excluding hydrogens is 394 g/mol. The number of methoxy groups -OCH3 is 1. The molecule has 0 aliphatic heterocycles. The molecule has 0 atom stereocenters. The molecule has 7 nitrogen and oxygen atoms in total. The van der Waals surface area contributed by atoms with Gasteiger partial charge in [-0.15, -0.1) is 0 Å². The number of rotatable bonds is 6. The summed E-state index contributed by atoms with van der Waals surface area (Å²) in [4.78, 5) is 16.4. The molecule has 30 heavy (non-hydrogen) atoms. The number of fused-ring (bicyclic) bond motifs is 1. The summed E-state index contributed by atoms with van der Waals surface area (Å²) in [5, 5.41) is 4.18. The number of aryl methyl sites for hydroxylation is 1. The van der Waals surface area contributed by atoms with Crippen molar-refractivity contribution in [2.24, 2.45) is 7.05 Å². The lowest BCUT2D eigenvalue weighted by molar-refractivity contribution is -0.0502. The minimum absolute atomic E-state index is 0.0372. The maximum Gasteiger partial charge on any atom is 0.387 e. The van der Waals surface area contributed by atoms with Gasteiger partial charge in [0, 0.05) is 30.9 Å². The van der Waals surface area contributed by atoms with Gasteiger partial charge in [-0.25, -0.2) is 4.98 Å². The van der Waals surface area contributed by atoms with Crippen LogP contribution in [0.5, 0.6) is 11.5 Å². The van der Waals surface area contributed by atoms with Crippen LogP contribution in [0.25, 0.3) is 27.8 Å². The van der Waals surface area contributed by atoms with E-state index in [1.165, 1.54) is 20.1 Å². The maximum atomic E-state index is 12.9. The van der Waals surface area contributed by atoms with Crippen LogP contribution in [0.2, 0.25) is 0 Å². The molecule has 9 heteroatoms. The first-order chi connectivity index (χ1) is 14.4. The SMILES string of the molecule is COc1cc(-n2cnc3cc(-c4cnn(C)c4)ccc32)cc(OC(F)F)c1C(C)=O. The third-order valence-electron chi connectivity index (χ3n) is 4.70. The predicted molar refractivity (Wildman–Crippen MR) is 106 cm³/mol. The molecule has 154 valence electrons. The van der Waals surface area contributed by atoms with Crippen molar-refractivity contribution >= 4 is 16.8 Å². The molecule has 4 aromatic rings. The van der Waals surface area contributed by atoms with Gasteiger partial charge in [-0.1, -0.05) is 6.07 Å². The number of halogens is 2. The molecule has 4 rings (SSSR count). The van der Waals surface area contributed by atoms with Crippen molar-refractivity contribution in [3.05, 3.63) is 54.6 Å². The molecule has 0 fully saturated rings. The lowest BCUT2D eigenvalue weighted by Gasteiger charge is -2.15. The number of carbonyl (C=O) groups is 1. The lowest BCUT2D eigenvalue weighted by Crippen LogP contribution is -2.09. The van der Waals surface area contributed by atoms with E-state index < -0.39 is 12.4 Å². The van der Waals surface area contributed by atoms with Crippen LogP contribution in [-0.2, 0) is 7.05 Å². The highest BCUT2D eigenvalue weighted by Gasteiger charge is 2.21. The van der Waals surface area contributed by atoms with Crippen LogP contribution in [-0.4, -0.2) is 38.8 Å². The number of ether oxygens (including phenoxy) is 2. The van der Waals surface area contributed by atoms with E-state index in [0.29, 0.717) is 11.2 Å². The smallest absolute Gasteiger partial charge is 0.387 e. The zero-order valence-corrected chi connectivity index (χ0v) is 16.5. The molecule has 2 aromatic carbocycles. The summed E-state index contributed by atoms with van der Waals surface area (Å²) in [6.45, 7) is -1.81. The Morgan fingerprint density at radius 3 is 2.53 bits per heavy atom. The second-order valence-electron chi connectivity index (χ2n) is 6.68. The number of ketones is 1.